The van der Waals surface area contributed by atoms with Crippen molar-refractivity contribution < 1.29 is 42.1 Å². The molecule has 2 aromatic carbocycles. The molecule has 2 aliphatic rings. The number of hydrogen-bond donors (Lipinski definition) is 2. The van der Waals surface area contributed by atoms with Crippen molar-refractivity contribution in [3.63, 3.8) is 0 Å². The number of rotatable bonds is 9. The van der Waals surface area contributed by atoms with Crippen LogP contribution in [-0.2, 0) is 9.53 Å². The van der Waals surface area contributed by atoms with Crippen LogP contribution in [0, 0.1) is 19.3 Å². The SMILES string of the molecule is COC(=O)c1ccc(-c2ccc([C@@H](Oc3cc(N4CCC5(CC4)CN[C@H](C(=O)O)C5)nc(C)n3)C(F)(F)F)c(-n3ccc(C)n3)c2)cc1OC. The third-order valence-electron chi connectivity index (χ3n) is 9.37. The van der Waals surface area contributed by atoms with E-state index in [1.165, 1.54) is 43.2 Å². The van der Waals surface area contributed by atoms with Crippen LogP contribution in [0.2, 0.25) is 0 Å². The Labute approximate surface area is 286 Å². The minimum atomic E-state index is -4.85. The van der Waals surface area contributed by atoms with Gasteiger partial charge >= 0.3 is 18.1 Å². The Morgan fingerprint density at radius 2 is 1.74 bits per heavy atom. The van der Waals surface area contributed by atoms with Crippen molar-refractivity contribution in [2.45, 2.75) is 51.4 Å². The van der Waals surface area contributed by atoms with Crippen LogP contribution in [-0.4, -0.2) is 82.9 Å². The minimum absolute atomic E-state index is 0.131. The van der Waals surface area contributed by atoms with E-state index < -0.39 is 30.3 Å². The van der Waals surface area contributed by atoms with Gasteiger partial charge < -0.3 is 29.5 Å². The Balaban J connectivity index is 1.32. The Morgan fingerprint density at radius 3 is 2.36 bits per heavy atom. The summed E-state index contributed by atoms with van der Waals surface area (Å²) in [5.41, 5.74) is 1.72. The molecule has 2 N–H and O–H groups in total. The summed E-state index contributed by atoms with van der Waals surface area (Å²) in [6, 6.07) is 11.8. The number of carboxylic acid groups (broad SMARTS) is 1. The predicted octanol–water partition coefficient (Wildman–Crippen LogP) is 5.46. The zero-order valence-electron chi connectivity index (χ0n) is 28.0. The van der Waals surface area contributed by atoms with Crippen molar-refractivity contribution >= 4 is 17.8 Å². The lowest BCUT2D eigenvalue weighted by molar-refractivity contribution is -0.198. The average Bonchev–Trinajstić information content (AvgIpc) is 3.72. The number of nitrogens with zero attached hydrogens (tertiary/aromatic N) is 5. The molecule has 1 spiro atoms. The number of piperidine rings is 1. The summed E-state index contributed by atoms with van der Waals surface area (Å²) in [5.74, 6) is -0.768. The molecule has 6 rings (SSSR count). The lowest BCUT2D eigenvalue weighted by Gasteiger charge is -2.39. The Hall–Kier alpha value is -5.18. The molecule has 2 aliphatic heterocycles. The summed E-state index contributed by atoms with van der Waals surface area (Å²) < 4.78 is 62.2. The van der Waals surface area contributed by atoms with Gasteiger partial charge in [0.25, 0.3) is 0 Å². The van der Waals surface area contributed by atoms with E-state index in [4.69, 9.17) is 14.2 Å². The van der Waals surface area contributed by atoms with Crippen molar-refractivity contribution in [3.8, 4) is 28.4 Å². The molecular weight excluding hydrogens is 657 g/mol. The molecule has 0 bridgehead atoms. The zero-order chi connectivity index (χ0) is 35.8. The van der Waals surface area contributed by atoms with E-state index in [1.807, 2.05) is 4.90 Å². The van der Waals surface area contributed by atoms with E-state index >= 15 is 0 Å². The number of alkyl halides is 3. The number of carboxylic acids is 1. The lowest BCUT2D eigenvalue weighted by atomic mass is 9.76. The Morgan fingerprint density at radius 1 is 1.02 bits per heavy atom. The number of hydrogen-bond acceptors (Lipinski definition) is 10. The van der Waals surface area contributed by atoms with Crippen molar-refractivity contribution in [1.29, 1.82) is 0 Å². The van der Waals surface area contributed by atoms with Crippen LogP contribution in [0.15, 0.2) is 54.7 Å². The second-order valence-electron chi connectivity index (χ2n) is 12.7. The Bertz CT molecular complexity index is 1910. The number of methoxy groups -OCH3 is 2. The number of carbonyl (C=O) groups is 2. The first kappa shape index (κ1) is 34.7. The number of aromatic nitrogens is 4. The van der Waals surface area contributed by atoms with Crippen LogP contribution in [0.4, 0.5) is 19.0 Å². The highest BCUT2D eigenvalue weighted by molar-refractivity contribution is 5.93. The summed E-state index contributed by atoms with van der Waals surface area (Å²) in [5, 5.41) is 16.9. The monoisotopic (exact) mass is 694 g/mol. The highest BCUT2D eigenvalue weighted by atomic mass is 19.4. The molecule has 15 heteroatoms. The maximum Gasteiger partial charge on any atom is 0.429 e. The zero-order valence-corrected chi connectivity index (χ0v) is 28.0. The van der Waals surface area contributed by atoms with E-state index in [0.717, 1.165) is 0 Å². The molecular formula is C35H37F3N6O6. The molecule has 2 aromatic heterocycles. The van der Waals surface area contributed by atoms with Gasteiger partial charge in [0.2, 0.25) is 12.0 Å². The number of benzene rings is 2. The smallest absolute Gasteiger partial charge is 0.429 e. The molecule has 264 valence electrons. The van der Waals surface area contributed by atoms with E-state index in [-0.39, 0.29) is 39.7 Å². The van der Waals surface area contributed by atoms with Gasteiger partial charge in [-0.2, -0.15) is 23.3 Å². The van der Waals surface area contributed by atoms with Gasteiger partial charge in [0.05, 0.1) is 25.6 Å². The van der Waals surface area contributed by atoms with Crippen molar-refractivity contribution in [3.05, 3.63) is 77.4 Å². The molecule has 2 fully saturated rings. The van der Waals surface area contributed by atoms with Gasteiger partial charge in [-0.25, -0.2) is 14.5 Å². The molecule has 0 aliphatic carbocycles. The highest BCUT2D eigenvalue weighted by Gasteiger charge is 2.46. The summed E-state index contributed by atoms with van der Waals surface area (Å²) >= 11 is 0. The first-order valence-electron chi connectivity index (χ1n) is 16.0. The number of ether oxygens (including phenoxy) is 3. The second-order valence-corrected chi connectivity index (χ2v) is 12.7. The van der Waals surface area contributed by atoms with Crippen LogP contribution in [0.3, 0.4) is 0 Å². The van der Waals surface area contributed by atoms with Gasteiger partial charge in [-0.15, -0.1) is 0 Å². The standard InChI is InChI=1S/C35H37F3N6O6/c1-20-9-12-44(42-20)27-15-22(23-6-8-25(33(47)49-4)28(16-23)48-3)5-7-24(27)31(35(36,37)38)50-30-17-29(40-21(2)41-30)43-13-10-34(11-14-43)18-26(32(45)46)39-19-34/h5-9,12,15-17,26,31,39H,10-11,13-14,18-19H2,1-4H3,(H,45,46)/t26-,31+/m0/s1. The van der Waals surface area contributed by atoms with E-state index in [2.05, 4.69) is 20.4 Å². The van der Waals surface area contributed by atoms with Gasteiger partial charge in [0.1, 0.15) is 29.0 Å². The quantitative estimate of drug-likeness (QED) is 0.216. The van der Waals surface area contributed by atoms with Crippen LogP contribution in [0.5, 0.6) is 11.6 Å². The van der Waals surface area contributed by atoms with Crippen molar-refractivity contribution in [2.75, 3.05) is 38.8 Å². The molecule has 4 aromatic rings. The normalized spacial score (nSPS) is 17.8. The third-order valence-corrected chi connectivity index (χ3v) is 9.37. The molecule has 0 saturated carbocycles. The van der Waals surface area contributed by atoms with Crippen LogP contribution >= 0.6 is 0 Å². The molecule has 4 heterocycles. The summed E-state index contributed by atoms with van der Waals surface area (Å²) in [7, 11) is 2.66. The number of nitrogens with one attached hydrogen (secondary N) is 1. The summed E-state index contributed by atoms with van der Waals surface area (Å²) in [6.07, 6.45) is -3.74. The highest BCUT2D eigenvalue weighted by Crippen LogP contribution is 2.43. The first-order chi connectivity index (χ1) is 23.8. The van der Waals surface area contributed by atoms with Gasteiger partial charge in [-0.3, -0.25) is 4.79 Å². The predicted molar refractivity (Wildman–Crippen MR) is 176 cm³/mol. The van der Waals surface area contributed by atoms with Crippen LogP contribution in [0.1, 0.15) is 52.8 Å². The minimum Gasteiger partial charge on any atom is -0.496 e. The molecule has 2 atom stereocenters. The van der Waals surface area contributed by atoms with Crippen molar-refractivity contribution in [1.82, 2.24) is 25.1 Å². The molecule has 50 heavy (non-hydrogen) atoms. The fourth-order valence-electron chi connectivity index (χ4n) is 6.70. The maximum absolute atomic E-state index is 15.0. The van der Waals surface area contributed by atoms with E-state index in [1.54, 1.807) is 44.3 Å². The largest absolute Gasteiger partial charge is 0.496 e. The summed E-state index contributed by atoms with van der Waals surface area (Å²) in [4.78, 5) is 34.4. The fraction of sp³-hybridized carbons (Fsp3) is 0.400. The number of halogens is 3. The van der Waals surface area contributed by atoms with Gasteiger partial charge in [-0.05, 0) is 73.9 Å². The number of aliphatic carboxylic acids is 1. The Kier molecular flexibility index (Phi) is 9.44. The maximum atomic E-state index is 15.0. The topological polar surface area (TPSA) is 141 Å². The molecule has 12 nitrogen and oxygen atoms in total. The first-order valence-corrected chi connectivity index (χ1v) is 16.0. The van der Waals surface area contributed by atoms with Crippen LogP contribution < -0.4 is 19.7 Å². The van der Waals surface area contributed by atoms with Crippen LogP contribution in [0.25, 0.3) is 16.8 Å². The number of anilines is 1. The van der Waals surface area contributed by atoms with Gasteiger partial charge in [0, 0.05) is 37.5 Å². The number of esters is 1. The molecule has 0 unspecified atom stereocenters. The number of carbonyl (C=O) groups excluding carboxylic acids is 1. The van der Waals surface area contributed by atoms with E-state index in [0.29, 0.717) is 61.5 Å². The summed E-state index contributed by atoms with van der Waals surface area (Å²) in [6.45, 7) is 5.04. The lowest BCUT2D eigenvalue weighted by Crippen LogP contribution is -2.41. The second kappa shape index (κ2) is 13.6. The van der Waals surface area contributed by atoms with Gasteiger partial charge in [0.15, 0.2) is 0 Å². The molecule has 0 radical (unpaired) electrons. The molecule has 0 amide bonds. The molecule has 2 saturated heterocycles. The van der Waals surface area contributed by atoms with Gasteiger partial charge in [-0.1, -0.05) is 18.2 Å². The fourth-order valence-corrected chi connectivity index (χ4v) is 6.70. The number of aryl methyl sites for hydroxylation is 2. The van der Waals surface area contributed by atoms with Crippen molar-refractivity contribution in [2.24, 2.45) is 5.41 Å². The third kappa shape index (κ3) is 7.08. The van der Waals surface area contributed by atoms with E-state index in [9.17, 15) is 27.9 Å². The average molecular weight is 695 g/mol.